The number of nitrogens with one attached hydrogen (secondary N) is 2. The maximum Gasteiger partial charge on any atom is 0.199 e. The molecule has 10 heteroatoms. The molecule has 0 bridgehead atoms. The first kappa shape index (κ1) is 25.1. The monoisotopic (exact) mass is 516 g/mol. The Morgan fingerprint density at radius 1 is 1.11 bits per heavy atom. The Kier molecular flexibility index (Phi) is 7.88. The highest BCUT2D eigenvalue weighted by atomic mass is 32.1. The fraction of sp³-hybridized carbons (Fsp3) is 0.333. The summed E-state index contributed by atoms with van der Waals surface area (Å²) < 4.78 is 9.59. The molecule has 0 atom stereocenters. The van der Waals surface area contributed by atoms with Crippen molar-refractivity contribution in [3.63, 3.8) is 0 Å². The van der Waals surface area contributed by atoms with Crippen LogP contribution >= 0.6 is 11.3 Å². The third-order valence-electron chi connectivity index (χ3n) is 6.04. The van der Waals surface area contributed by atoms with Gasteiger partial charge in [0.05, 0.1) is 16.9 Å². The van der Waals surface area contributed by atoms with Crippen LogP contribution in [0.25, 0.3) is 38.0 Å². The van der Waals surface area contributed by atoms with Crippen LogP contribution in [-0.2, 0) is 18.8 Å². The summed E-state index contributed by atoms with van der Waals surface area (Å²) in [6, 6.07) is 2.05. The van der Waals surface area contributed by atoms with Gasteiger partial charge in [-0.05, 0) is 38.1 Å². The van der Waals surface area contributed by atoms with E-state index >= 15 is 0 Å². The van der Waals surface area contributed by atoms with Crippen LogP contribution in [0.4, 0.5) is 5.82 Å². The molecule has 9 nitrogen and oxygen atoms in total. The van der Waals surface area contributed by atoms with Crippen LogP contribution in [0.2, 0.25) is 0 Å². The standard InChI is InChI=1S/C27H32N8OS/c1-28-12-8-17-36-18-14-29-24-22-21(19-9-6-4-5-7-10-19)23(20-11-15-35(3)33-20)37-27(22)32-25(31-24)26-30-13-16-34(26)2/h4,6-7,9-11,13,15-16,28H,5,8,12,14,17-18H2,1-3H3,(H,29,31,32). The van der Waals surface area contributed by atoms with Gasteiger partial charge in [0.25, 0.3) is 0 Å². The molecule has 0 fully saturated rings. The molecule has 0 aliphatic heterocycles. The van der Waals surface area contributed by atoms with Crippen molar-refractivity contribution in [2.24, 2.45) is 14.1 Å². The lowest BCUT2D eigenvalue weighted by molar-refractivity contribution is 0.141. The highest BCUT2D eigenvalue weighted by Crippen LogP contribution is 2.44. The summed E-state index contributed by atoms with van der Waals surface area (Å²) in [5, 5.41) is 12.4. The number of allylic oxidation sites excluding steroid dienone is 6. The smallest absolute Gasteiger partial charge is 0.199 e. The van der Waals surface area contributed by atoms with Crippen LogP contribution in [0.1, 0.15) is 18.4 Å². The Bertz CT molecular complexity index is 1460. The average Bonchev–Trinajstić information content (AvgIpc) is 3.56. The molecule has 0 saturated carbocycles. The van der Waals surface area contributed by atoms with Crippen molar-refractivity contribution >= 4 is 32.9 Å². The van der Waals surface area contributed by atoms with Gasteiger partial charge < -0.3 is 19.9 Å². The molecule has 4 heterocycles. The summed E-state index contributed by atoms with van der Waals surface area (Å²) in [6.07, 6.45) is 18.3. The van der Waals surface area contributed by atoms with E-state index in [9.17, 15) is 0 Å². The van der Waals surface area contributed by atoms with E-state index in [4.69, 9.17) is 19.8 Å². The van der Waals surface area contributed by atoms with Crippen LogP contribution in [0, 0.1) is 0 Å². The molecule has 0 amide bonds. The van der Waals surface area contributed by atoms with E-state index < -0.39 is 0 Å². The normalized spacial score (nSPS) is 13.3. The molecule has 1 aliphatic carbocycles. The number of ether oxygens (including phenoxy) is 1. The highest BCUT2D eigenvalue weighted by molar-refractivity contribution is 7.22. The zero-order valence-corrected chi connectivity index (χ0v) is 22.3. The number of rotatable bonds is 11. The summed E-state index contributed by atoms with van der Waals surface area (Å²) in [5.74, 6) is 2.08. The van der Waals surface area contributed by atoms with E-state index in [0.29, 0.717) is 19.0 Å². The predicted molar refractivity (Wildman–Crippen MR) is 151 cm³/mol. The molecule has 0 saturated heterocycles. The molecule has 5 rings (SSSR count). The number of thiophene rings is 1. The largest absolute Gasteiger partial charge is 0.380 e. The third kappa shape index (κ3) is 5.56. The number of hydrogen-bond donors (Lipinski definition) is 2. The predicted octanol–water partition coefficient (Wildman–Crippen LogP) is 4.43. The fourth-order valence-corrected chi connectivity index (χ4v) is 5.40. The number of aryl methyl sites for hydroxylation is 2. The highest BCUT2D eigenvalue weighted by Gasteiger charge is 2.24. The zero-order chi connectivity index (χ0) is 25.6. The van der Waals surface area contributed by atoms with E-state index in [1.165, 1.54) is 0 Å². The molecular formula is C27H32N8OS. The van der Waals surface area contributed by atoms with E-state index in [2.05, 4.69) is 46.0 Å². The first-order valence-electron chi connectivity index (χ1n) is 12.5. The summed E-state index contributed by atoms with van der Waals surface area (Å²) in [4.78, 5) is 16.4. The lowest BCUT2D eigenvalue weighted by Gasteiger charge is -2.12. The summed E-state index contributed by atoms with van der Waals surface area (Å²) in [5.41, 5.74) is 3.12. The van der Waals surface area contributed by atoms with Crippen molar-refractivity contribution in [2.75, 3.05) is 38.7 Å². The summed E-state index contributed by atoms with van der Waals surface area (Å²) >= 11 is 1.63. The second-order valence-corrected chi connectivity index (χ2v) is 9.80. The molecule has 192 valence electrons. The molecule has 0 spiro atoms. The minimum absolute atomic E-state index is 0.586. The molecule has 0 unspecified atom stereocenters. The van der Waals surface area contributed by atoms with Gasteiger partial charge in [-0.3, -0.25) is 4.68 Å². The van der Waals surface area contributed by atoms with E-state index in [-0.39, 0.29) is 0 Å². The fourth-order valence-electron chi connectivity index (χ4n) is 4.24. The number of imidazole rings is 1. The first-order valence-corrected chi connectivity index (χ1v) is 13.3. The summed E-state index contributed by atoms with van der Waals surface area (Å²) in [6.45, 7) is 2.88. The molecule has 4 aromatic heterocycles. The molecule has 0 radical (unpaired) electrons. The number of hydrogen-bond acceptors (Lipinski definition) is 8. The summed E-state index contributed by atoms with van der Waals surface area (Å²) in [7, 11) is 5.84. The second-order valence-electron chi connectivity index (χ2n) is 8.80. The van der Waals surface area contributed by atoms with E-state index in [1.807, 2.05) is 48.9 Å². The maximum absolute atomic E-state index is 5.83. The van der Waals surface area contributed by atoms with Crippen molar-refractivity contribution < 1.29 is 4.74 Å². The van der Waals surface area contributed by atoms with Crippen molar-refractivity contribution in [1.82, 2.24) is 34.6 Å². The van der Waals surface area contributed by atoms with Gasteiger partial charge in [0.15, 0.2) is 11.6 Å². The van der Waals surface area contributed by atoms with Crippen molar-refractivity contribution in [1.29, 1.82) is 0 Å². The Balaban J connectivity index is 1.62. The van der Waals surface area contributed by atoms with Gasteiger partial charge in [-0.15, -0.1) is 11.3 Å². The molecule has 1 aliphatic rings. The molecule has 0 aromatic carbocycles. The lowest BCUT2D eigenvalue weighted by atomic mass is 10.0. The molecule has 4 aromatic rings. The number of fused-ring (bicyclic) bond motifs is 1. The molecular weight excluding hydrogens is 484 g/mol. The Morgan fingerprint density at radius 3 is 2.81 bits per heavy atom. The van der Waals surface area contributed by atoms with Crippen LogP contribution in [0.5, 0.6) is 0 Å². The second kappa shape index (κ2) is 11.6. The van der Waals surface area contributed by atoms with Crippen molar-refractivity contribution in [3.05, 3.63) is 60.6 Å². The number of nitrogens with zero attached hydrogens (tertiary/aromatic N) is 6. The minimum atomic E-state index is 0.586. The lowest BCUT2D eigenvalue weighted by Crippen LogP contribution is -2.15. The average molecular weight is 517 g/mol. The van der Waals surface area contributed by atoms with E-state index in [1.54, 1.807) is 17.5 Å². The minimum Gasteiger partial charge on any atom is -0.380 e. The first-order chi connectivity index (χ1) is 18.2. The van der Waals surface area contributed by atoms with Gasteiger partial charge in [0.2, 0.25) is 0 Å². The van der Waals surface area contributed by atoms with Gasteiger partial charge in [-0.1, -0.05) is 30.4 Å². The van der Waals surface area contributed by atoms with E-state index in [0.717, 1.165) is 69.6 Å². The quantitative estimate of drug-likeness (QED) is 0.285. The van der Waals surface area contributed by atoms with Crippen LogP contribution < -0.4 is 10.6 Å². The van der Waals surface area contributed by atoms with Gasteiger partial charge in [-0.25, -0.2) is 15.0 Å². The van der Waals surface area contributed by atoms with Gasteiger partial charge in [-0.2, -0.15) is 5.10 Å². The Hall–Kier alpha value is -3.60. The zero-order valence-electron chi connectivity index (χ0n) is 21.4. The van der Waals surface area contributed by atoms with Gasteiger partial charge in [0, 0.05) is 51.4 Å². The maximum atomic E-state index is 5.83. The Morgan fingerprint density at radius 2 is 2.03 bits per heavy atom. The van der Waals surface area contributed by atoms with Crippen molar-refractivity contribution in [3.8, 4) is 22.2 Å². The number of anilines is 1. The Labute approximate surface area is 220 Å². The van der Waals surface area contributed by atoms with Crippen LogP contribution in [-0.4, -0.2) is 62.7 Å². The third-order valence-corrected chi connectivity index (χ3v) is 7.15. The van der Waals surface area contributed by atoms with Crippen LogP contribution in [0.3, 0.4) is 0 Å². The van der Waals surface area contributed by atoms with Gasteiger partial charge in [0.1, 0.15) is 16.3 Å². The van der Waals surface area contributed by atoms with Crippen molar-refractivity contribution in [2.45, 2.75) is 12.8 Å². The van der Waals surface area contributed by atoms with Crippen LogP contribution in [0.15, 0.2) is 55.0 Å². The number of aromatic nitrogens is 6. The SMILES string of the molecule is CNCCCOCCNc1nc(-c2nccn2C)nc2sc(-c3ccn(C)n3)c(C3=CC=CCC=C3)c12. The molecule has 2 N–H and O–H groups in total. The molecule has 37 heavy (non-hydrogen) atoms. The topological polar surface area (TPSA) is 94.7 Å². The van der Waals surface area contributed by atoms with Gasteiger partial charge >= 0.3 is 0 Å².